The zero-order chi connectivity index (χ0) is 13.1. The number of halogens is 3. The lowest BCUT2D eigenvalue weighted by Crippen LogP contribution is -2.20. The van der Waals surface area contributed by atoms with Crippen molar-refractivity contribution in [3.63, 3.8) is 0 Å². The van der Waals surface area contributed by atoms with E-state index in [4.69, 9.17) is 0 Å². The predicted molar refractivity (Wildman–Crippen MR) is 79.2 cm³/mol. The lowest BCUT2D eigenvalue weighted by molar-refractivity contribution is 0.380. The van der Waals surface area contributed by atoms with Crippen LogP contribution in [-0.4, -0.2) is 4.83 Å². The first-order valence-electron chi connectivity index (χ1n) is 5.89. The minimum absolute atomic E-state index is 0.172. The molecule has 0 bridgehead atoms. The van der Waals surface area contributed by atoms with Crippen LogP contribution in [0.1, 0.15) is 39.2 Å². The largest absolute Gasteiger partial charge is 0.206 e. The third-order valence-corrected chi connectivity index (χ3v) is 5.59. The number of alkyl halides is 1. The normalized spacial score (nSPS) is 13.8. The van der Waals surface area contributed by atoms with Crippen molar-refractivity contribution in [3.8, 4) is 0 Å². The van der Waals surface area contributed by atoms with Crippen molar-refractivity contribution in [2.45, 2.75) is 44.9 Å². The van der Waals surface area contributed by atoms with Crippen molar-refractivity contribution in [3.05, 3.63) is 34.1 Å². The molecule has 1 aromatic carbocycles. The van der Waals surface area contributed by atoms with Crippen LogP contribution in [-0.2, 0) is 6.42 Å². The third kappa shape index (κ3) is 4.70. The summed E-state index contributed by atoms with van der Waals surface area (Å²) in [4.78, 5) is 0.502. The first-order chi connectivity index (χ1) is 7.82. The van der Waals surface area contributed by atoms with E-state index in [0.29, 0.717) is 9.30 Å². The molecule has 0 radical (unpaired) electrons. The highest BCUT2D eigenvalue weighted by molar-refractivity contribution is 9.10. The van der Waals surface area contributed by atoms with Gasteiger partial charge in [-0.1, -0.05) is 48.8 Å². The average molecular weight is 366 g/mol. The number of aryl methyl sites for hydroxylation is 1. The summed E-state index contributed by atoms with van der Waals surface area (Å²) in [6.45, 7) is 6.68. The minimum atomic E-state index is -0.172. The molecule has 0 N–H and O–H groups in total. The number of rotatable bonds is 4. The molecule has 0 spiro atoms. The Bertz CT molecular complexity index is 369. The van der Waals surface area contributed by atoms with Gasteiger partial charge in [-0.05, 0) is 52.2 Å². The van der Waals surface area contributed by atoms with Crippen LogP contribution in [0.2, 0.25) is 0 Å². The predicted octanol–water partition coefficient (Wildman–Crippen LogP) is 5.72. The van der Waals surface area contributed by atoms with Crippen LogP contribution < -0.4 is 0 Å². The van der Waals surface area contributed by atoms with Gasteiger partial charge in [0.2, 0.25) is 0 Å². The Hall–Kier alpha value is 0.110. The van der Waals surface area contributed by atoms with Gasteiger partial charge in [0.05, 0.1) is 4.47 Å². The number of benzene rings is 1. The highest BCUT2D eigenvalue weighted by Crippen LogP contribution is 2.30. The van der Waals surface area contributed by atoms with Gasteiger partial charge in [-0.15, -0.1) is 0 Å². The van der Waals surface area contributed by atoms with E-state index >= 15 is 0 Å². The molecule has 96 valence electrons. The van der Waals surface area contributed by atoms with Crippen molar-refractivity contribution in [2.75, 3.05) is 0 Å². The van der Waals surface area contributed by atoms with E-state index in [2.05, 4.69) is 52.6 Å². The molecule has 1 rings (SSSR count). The van der Waals surface area contributed by atoms with Crippen molar-refractivity contribution >= 4 is 31.9 Å². The summed E-state index contributed by atoms with van der Waals surface area (Å²) in [5.74, 6) is -0.172. The van der Waals surface area contributed by atoms with Crippen LogP contribution in [0.4, 0.5) is 4.39 Å². The fourth-order valence-corrected chi connectivity index (χ4v) is 2.43. The standard InChI is InChI=1S/C14H19Br2F/c1-14(2,3)12(15)9-5-7-10-6-4-8-11(17)13(10)16/h4,6,8,12H,5,7,9H2,1-3H3. The Morgan fingerprint density at radius 2 is 1.94 bits per heavy atom. The molecule has 0 fully saturated rings. The Morgan fingerprint density at radius 3 is 2.53 bits per heavy atom. The van der Waals surface area contributed by atoms with Gasteiger partial charge in [0.25, 0.3) is 0 Å². The Morgan fingerprint density at radius 1 is 1.29 bits per heavy atom. The Balaban J connectivity index is 2.49. The van der Waals surface area contributed by atoms with E-state index in [0.717, 1.165) is 24.8 Å². The number of hydrogen-bond acceptors (Lipinski definition) is 0. The van der Waals surface area contributed by atoms with E-state index in [-0.39, 0.29) is 11.2 Å². The van der Waals surface area contributed by atoms with E-state index in [1.54, 1.807) is 6.07 Å². The second-order valence-electron chi connectivity index (χ2n) is 5.44. The Labute approximate surface area is 120 Å². The molecule has 0 amide bonds. The quantitative estimate of drug-likeness (QED) is 0.598. The van der Waals surface area contributed by atoms with E-state index in [1.807, 2.05) is 6.07 Å². The van der Waals surface area contributed by atoms with Crippen molar-refractivity contribution < 1.29 is 4.39 Å². The molecule has 1 atom stereocenters. The Kier molecular flexibility index (Phi) is 5.65. The molecule has 1 unspecified atom stereocenters. The monoisotopic (exact) mass is 364 g/mol. The van der Waals surface area contributed by atoms with Gasteiger partial charge in [0.1, 0.15) is 5.82 Å². The van der Waals surface area contributed by atoms with Gasteiger partial charge in [0.15, 0.2) is 0 Å². The summed E-state index contributed by atoms with van der Waals surface area (Å²) in [5, 5.41) is 0. The maximum atomic E-state index is 13.3. The first kappa shape index (κ1) is 15.2. The molecule has 0 heterocycles. The molecule has 0 saturated carbocycles. The lowest BCUT2D eigenvalue weighted by atomic mass is 9.89. The molecular formula is C14H19Br2F. The zero-order valence-corrected chi connectivity index (χ0v) is 13.7. The summed E-state index contributed by atoms with van der Waals surface area (Å²) in [6, 6.07) is 5.23. The van der Waals surface area contributed by atoms with Gasteiger partial charge < -0.3 is 0 Å². The highest BCUT2D eigenvalue weighted by Gasteiger charge is 2.21. The van der Waals surface area contributed by atoms with Gasteiger partial charge in [-0.3, -0.25) is 0 Å². The van der Waals surface area contributed by atoms with E-state index in [1.165, 1.54) is 6.07 Å². The average Bonchev–Trinajstić information content (AvgIpc) is 2.22. The molecule has 0 aliphatic heterocycles. The zero-order valence-electron chi connectivity index (χ0n) is 10.6. The molecule has 0 nitrogen and oxygen atoms in total. The molecular weight excluding hydrogens is 347 g/mol. The van der Waals surface area contributed by atoms with Crippen LogP contribution in [0.25, 0.3) is 0 Å². The van der Waals surface area contributed by atoms with Gasteiger partial charge in [0, 0.05) is 4.83 Å². The van der Waals surface area contributed by atoms with Crippen molar-refractivity contribution in [2.24, 2.45) is 5.41 Å². The lowest BCUT2D eigenvalue weighted by Gasteiger charge is -2.25. The minimum Gasteiger partial charge on any atom is -0.206 e. The third-order valence-electron chi connectivity index (χ3n) is 2.87. The molecule has 0 saturated heterocycles. The van der Waals surface area contributed by atoms with Crippen molar-refractivity contribution in [1.29, 1.82) is 0 Å². The van der Waals surface area contributed by atoms with Crippen LogP contribution in [0.3, 0.4) is 0 Å². The van der Waals surface area contributed by atoms with Gasteiger partial charge >= 0.3 is 0 Å². The maximum Gasteiger partial charge on any atom is 0.137 e. The summed E-state index contributed by atoms with van der Waals surface area (Å²) in [6.07, 6.45) is 3.08. The molecule has 0 aliphatic rings. The van der Waals surface area contributed by atoms with Gasteiger partial charge in [-0.2, -0.15) is 0 Å². The molecule has 3 heteroatoms. The summed E-state index contributed by atoms with van der Waals surface area (Å²) in [5.41, 5.74) is 1.33. The summed E-state index contributed by atoms with van der Waals surface area (Å²) in [7, 11) is 0. The van der Waals surface area contributed by atoms with E-state index in [9.17, 15) is 4.39 Å². The number of hydrogen-bond donors (Lipinski definition) is 0. The summed E-state index contributed by atoms with van der Waals surface area (Å²) >= 11 is 7.02. The summed E-state index contributed by atoms with van der Waals surface area (Å²) < 4.78 is 13.9. The molecule has 1 aromatic rings. The second-order valence-corrected chi connectivity index (χ2v) is 7.34. The van der Waals surface area contributed by atoms with Crippen LogP contribution in [0, 0.1) is 11.2 Å². The first-order valence-corrected chi connectivity index (χ1v) is 7.60. The maximum absolute atomic E-state index is 13.3. The SMILES string of the molecule is CC(C)(C)C(Br)CCCc1cccc(F)c1Br. The topological polar surface area (TPSA) is 0 Å². The smallest absolute Gasteiger partial charge is 0.137 e. The second kappa shape index (κ2) is 6.33. The van der Waals surface area contributed by atoms with Crippen LogP contribution >= 0.6 is 31.9 Å². The molecule has 0 aliphatic carbocycles. The van der Waals surface area contributed by atoms with Crippen LogP contribution in [0.15, 0.2) is 22.7 Å². The van der Waals surface area contributed by atoms with Gasteiger partial charge in [-0.25, -0.2) is 4.39 Å². The van der Waals surface area contributed by atoms with Crippen LogP contribution in [0.5, 0.6) is 0 Å². The molecule has 0 aromatic heterocycles. The fraction of sp³-hybridized carbons (Fsp3) is 0.571. The molecule has 17 heavy (non-hydrogen) atoms. The fourth-order valence-electron chi connectivity index (χ4n) is 1.65. The van der Waals surface area contributed by atoms with E-state index < -0.39 is 0 Å². The van der Waals surface area contributed by atoms with Crippen molar-refractivity contribution in [1.82, 2.24) is 0 Å². The highest BCUT2D eigenvalue weighted by atomic mass is 79.9.